The molecule has 0 amide bonds. The lowest BCUT2D eigenvalue weighted by Gasteiger charge is -2.17. The van der Waals surface area contributed by atoms with E-state index in [1.54, 1.807) is 0 Å². The van der Waals surface area contributed by atoms with Crippen molar-refractivity contribution < 1.29 is 0 Å². The highest BCUT2D eigenvalue weighted by Crippen LogP contribution is 2.28. The molecule has 1 unspecified atom stereocenters. The van der Waals surface area contributed by atoms with E-state index in [0.29, 0.717) is 0 Å². The summed E-state index contributed by atoms with van der Waals surface area (Å²) in [7, 11) is 1.99. The maximum absolute atomic E-state index is 4.20. The molecule has 0 radical (unpaired) electrons. The molecular weight excluding hydrogens is 242 g/mol. The second-order valence-electron chi connectivity index (χ2n) is 4.58. The van der Waals surface area contributed by atoms with Crippen molar-refractivity contribution in [3.8, 4) is 0 Å². The van der Waals surface area contributed by atoms with Crippen molar-refractivity contribution in [2.45, 2.75) is 33.2 Å². The fourth-order valence-electron chi connectivity index (χ4n) is 2.31. The number of nitrogens with zero attached hydrogens (tertiary/aromatic N) is 2. The molecule has 1 heterocycles. The van der Waals surface area contributed by atoms with Crippen LogP contribution >= 0.6 is 11.5 Å². The highest BCUT2D eigenvalue weighted by Gasteiger charge is 2.19. The molecule has 0 saturated heterocycles. The summed E-state index contributed by atoms with van der Waals surface area (Å²) in [6.45, 7) is 6.39. The van der Waals surface area contributed by atoms with Crippen molar-refractivity contribution in [1.82, 2.24) is 14.9 Å². The third kappa shape index (κ3) is 2.60. The van der Waals surface area contributed by atoms with Crippen LogP contribution in [-0.4, -0.2) is 16.6 Å². The molecule has 0 aliphatic heterocycles. The van der Waals surface area contributed by atoms with Crippen LogP contribution in [0, 0.1) is 13.8 Å². The highest BCUT2D eigenvalue weighted by atomic mass is 32.1. The predicted molar refractivity (Wildman–Crippen MR) is 76.1 cm³/mol. The van der Waals surface area contributed by atoms with E-state index in [1.165, 1.54) is 33.1 Å². The van der Waals surface area contributed by atoms with Crippen molar-refractivity contribution in [2.75, 3.05) is 7.05 Å². The topological polar surface area (TPSA) is 37.8 Å². The van der Waals surface area contributed by atoms with Crippen LogP contribution in [0.25, 0.3) is 0 Å². The molecule has 2 rings (SSSR count). The first-order valence-electron chi connectivity index (χ1n) is 6.22. The highest BCUT2D eigenvalue weighted by molar-refractivity contribution is 7.05. The van der Waals surface area contributed by atoms with Crippen molar-refractivity contribution in [1.29, 1.82) is 0 Å². The van der Waals surface area contributed by atoms with Crippen molar-refractivity contribution in [3.05, 3.63) is 45.5 Å². The molecule has 0 bridgehead atoms. The minimum Gasteiger partial charge on any atom is -0.309 e. The smallest absolute Gasteiger partial charge is 0.0804 e. The van der Waals surface area contributed by atoms with Crippen LogP contribution in [0.3, 0.4) is 0 Å². The Morgan fingerprint density at radius 1 is 1.22 bits per heavy atom. The van der Waals surface area contributed by atoms with E-state index >= 15 is 0 Å². The Hall–Kier alpha value is -1.26. The largest absolute Gasteiger partial charge is 0.309 e. The number of hydrogen-bond acceptors (Lipinski definition) is 4. The van der Waals surface area contributed by atoms with E-state index in [-0.39, 0.29) is 6.04 Å². The molecule has 2 aromatic rings. The third-order valence-corrected chi connectivity index (χ3v) is 3.88. The summed E-state index contributed by atoms with van der Waals surface area (Å²) < 4.78 is 4.08. The number of benzene rings is 1. The monoisotopic (exact) mass is 261 g/mol. The van der Waals surface area contributed by atoms with Crippen LogP contribution in [0.4, 0.5) is 0 Å². The summed E-state index contributed by atoms with van der Waals surface area (Å²) in [6, 6.07) is 6.85. The summed E-state index contributed by atoms with van der Waals surface area (Å²) in [5.41, 5.74) is 4.97. The number of rotatable bonds is 4. The fourth-order valence-corrected chi connectivity index (χ4v) is 3.18. The van der Waals surface area contributed by atoms with Crippen molar-refractivity contribution in [2.24, 2.45) is 0 Å². The number of aromatic nitrogens is 2. The number of aryl methyl sites for hydroxylation is 3. The SMILES string of the molecule is CCc1nnsc1C(NC)c1cc(C)cc(C)c1. The molecule has 3 nitrogen and oxygen atoms in total. The normalized spacial score (nSPS) is 12.7. The standard InChI is InChI=1S/C14H19N3S/c1-5-12-14(18-17-16-12)13(15-4)11-7-9(2)6-10(3)8-11/h6-8,13,15H,5H2,1-4H3. The number of hydrogen-bond donors (Lipinski definition) is 1. The van der Waals surface area contributed by atoms with E-state index in [2.05, 4.69) is 53.9 Å². The van der Waals surface area contributed by atoms with Gasteiger partial charge in [0, 0.05) is 0 Å². The van der Waals surface area contributed by atoms with Gasteiger partial charge in [-0.2, -0.15) is 0 Å². The van der Waals surface area contributed by atoms with Gasteiger partial charge in [-0.25, -0.2) is 0 Å². The van der Waals surface area contributed by atoms with Gasteiger partial charge in [-0.1, -0.05) is 40.7 Å². The molecule has 1 atom stereocenters. The Bertz CT molecular complexity index is 513. The average Bonchev–Trinajstić information content (AvgIpc) is 2.77. The second kappa shape index (κ2) is 5.59. The Balaban J connectivity index is 2.45. The average molecular weight is 261 g/mol. The molecule has 0 fully saturated rings. The van der Waals surface area contributed by atoms with Gasteiger partial charge in [-0.3, -0.25) is 0 Å². The maximum atomic E-state index is 4.20. The lowest BCUT2D eigenvalue weighted by molar-refractivity contribution is 0.692. The number of nitrogens with one attached hydrogen (secondary N) is 1. The fraction of sp³-hybridized carbons (Fsp3) is 0.429. The summed E-state index contributed by atoms with van der Waals surface area (Å²) in [5.74, 6) is 0. The minimum atomic E-state index is 0.193. The quantitative estimate of drug-likeness (QED) is 0.919. The van der Waals surface area contributed by atoms with E-state index in [4.69, 9.17) is 0 Å². The zero-order chi connectivity index (χ0) is 13.1. The summed E-state index contributed by atoms with van der Waals surface area (Å²) in [5, 5.41) is 7.58. The van der Waals surface area contributed by atoms with Crippen LogP contribution < -0.4 is 5.32 Å². The molecule has 0 spiro atoms. The Kier molecular flexibility index (Phi) is 4.09. The summed E-state index contributed by atoms with van der Waals surface area (Å²) in [4.78, 5) is 1.23. The first kappa shape index (κ1) is 13.2. The first-order valence-corrected chi connectivity index (χ1v) is 6.99. The van der Waals surface area contributed by atoms with E-state index < -0.39 is 0 Å². The van der Waals surface area contributed by atoms with Crippen LogP contribution in [0.1, 0.15) is 40.2 Å². The first-order chi connectivity index (χ1) is 8.65. The van der Waals surface area contributed by atoms with Gasteiger partial charge in [0.15, 0.2) is 0 Å². The molecule has 0 aliphatic rings. The van der Waals surface area contributed by atoms with Gasteiger partial charge in [0.05, 0.1) is 16.6 Å². The van der Waals surface area contributed by atoms with Crippen LogP contribution in [0.15, 0.2) is 18.2 Å². The van der Waals surface area contributed by atoms with E-state index in [0.717, 1.165) is 12.1 Å². The van der Waals surface area contributed by atoms with Gasteiger partial charge >= 0.3 is 0 Å². The molecular formula is C14H19N3S. The molecule has 0 saturated carbocycles. The second-order valence-corrected chi connectivity index (χ2v) is 5.37. The maximum Gasteiger partial charge on any atom is 0.0804 e. The van der Waals surface area contributed by atoms with Crippen LogP contribution in [-0.2, 0) is 6.42 Å². The summed E-state index contributed by atoms with van der Waals surface area (Å²) in [6.07, 6.45) is 0.925. The molecule has 0 aliphatic carbocycles. The Labute approximate surface area is 112 Å². The Morgan fingerprint density at radius 3 is 2.44 bits per heavy atom. The Morgan fingerprint density at radius 2 is 1.89 bits per heavy atom. The van der Waals surface area contributed by atoms with Crippen molar-refractivity contribution in [3.63, 3.8) is 0 Å². The van der Waals surface area contributed by atoms with Crippen LogP contribution in [0.5, 0.6) is 0 Å². The third-order valence-electron chi connectivity index (χ3n) is 3.05. The molecule has 4 heteroatoms. The predicted octanol–water partition coefficient (Wildman–Crippen LogP) is 3.03. The van der Waals surface area contributed by atoms with E-state index in [9.17, 15) is 0 Å². The lowest BCUT2D eigenvalue weighted by Crippen LogP contribution is -2.18. The minimum absolute atomic E-state index is 0.193. The molecule has 1 aromatic carbocycles. The van der Waals surface area contributed by atoms with Gasteiger partial charge < -0.3 is 5.32 Å². The van der Waals surface area contributed by atoms with Gasteiger partial charge in [0.2, 0.25) is 0 Å². The van der Waals surface area contributed by atoms with Gasteiger partial charge in [-0.15, -0.1) is 5.10 Å². The summed E-state index contributed by atoms with van der Waals surface area (Å²) >= 11 is 1.49. The van der Waals surface area contributed by atoms with Gasteiger partial charge in [-0.05, 0) is 44.4 Å². The molecule has 1 N–H and O–H groups in total. The van der Waals surface area contributed by atoms with Gasteiger partial charge in [0.1, 0.15) is 0 Å². The van der Waals surface area contributed by atoms with Crippen LogP contribution in [0.2, 0.25) is 0 Å². The lowest BCUT2D eigenvalue weighted by atomic mass is 9.99. The zero-order valence-corrected chi connectivity index (χ0v) is 12.1. The van der Waals surface area contributed by atoms with E-state index in [1.807, 2.05) is 7.05 Å². The zero-order valence-electron chi connectivity index (χ0n) is 11.3. The van der Waals surface area contributed by atoms with Gasteiger partial charge in [0.25, 0.3) is 0 Å². The molecule has 96 valence electrons. The molecule has 1 aromatic heterocycles. The molecule has 18 heavy (non-hydrogen) atoms. The van der Waals surface area contributed by atoms with Crippen molar-refractivity contribution >= 4 is 11.5 Å².